The molecule has 0 unspecified atom stereocenters. The van der Waals surface area contributed by atoms with Crippen molar-refractivity contribution in [3.63, 3.8) is 0 Å². The van der Waals surface area contributed by atoms with Gasteiger partial charge in [0.1, 0.15) is 12.4 Å². The third kappa shape index (κ3) is 6.30. The molecule has 0 atom stereocenters. The number of hydrazone groups is 1. The van der Waals surface area contributed by atoms with Crippen molar-refractivity contribution in [3.8, 4) is 11.8 Å². The van der Waals surface area contributed by atoms with E-state index in [2.05, 4.69) is 32.5 Å². The summed E-state index contributed by atoms with van der Waals surface area (Å²) < 4.78 is 6.76. The van der Waals surface area contributed by atoms with Crippen LogP contribution in [-0.2, 0) is 17.8 Å². The zero-order chi connectivity index (χ0) is 20.5. The maximum absolute atomic E-state index is 12.0. The molecule has 0 heterocycles. The van der Waals surface area contributed by atoms with Gasteiger partial charge in [0.2, 0.25) is 5.91 Å². The fraction of sp³-hybridized carbons (Fsp3) is 0.0870. The van der Waals surface area contributed by atoms with E-state index >= 15 is 0 Å². The van der Waals surface area contributed by atoms with Gasteiger partial charge in [-0.2, -0.15) is 10.4 Å². The molecule has 29 heavy (non-hydrogen) atoms. The molecule has 0 saturated heterocycles. The fourth-order valence-corrected chi connectivity index (χ4v) is 2.87. The zero-order valence-electron chi connectivity index (χ0n) is 15.5. The van der Waals surface area contributed by atoms with Crippen LogP contribution in [0.1, 0.15) is 22.3 Å². The van der Waals surface area contributed by atoms with Crippen LogP contribution in [0.5, 0.6) is 5.75 Å². The number of carbonyl (C=O) groups excluding carboxylic acids is 1. The van der Waals surface area contributed by atoms with E-state index in [0.29, 0.717) is 17.9 Å². The van der Waals surface area contributed by atoms with Gasteiger partial charge in [0.05, 0.1) is 24.3 Å². The van der Waals surface area contributed by atoms with Gasteiger partial charge in [-0.25, -0.2) is 5.43 Å². The lowest BCUT2D eigenvalue weighted by Gasteiger charge is -2.08. The lowest BCUT2D eigenvalue weighted by atomic mass is 10.1. The molecule has 0 radical (unpaired) electrons. The van der Waals surface area contributed by atoms with E-state index in [1.807, 2.05) is 66.7 Å². The first-order valence-electron chi connectivity index (χ1n) is 8.91. The van der Waals surface area contributed by atoms with E-state index in [1.165, 1.54) is 0 Å². The van der Waals surface area contributed by atoms with E-state index in [9.17, 15) is 4.79 Å². The first kappa shape index (κ1) is 20.3. The van der Waals surface area contributed by atoms with Gasteiger partial charge in [-0.15, -0.1) is 0 Å². The van der Waals surface area contributed by atoms with Crippen molar-refractivity contribution in [1.82, 2.24) is 5.43 Å². The van der Waals surface area contributed by atoms with E-state index in [0.717, 1.165) is 21.2 Å². The fourth-order valence-electron chi connectivity index (χ4n) is 2.61. The molecule has 0 saturated carbocycles. The lowest BCUT2D eigenvalue weighted by molar-refractivity contribution is -0.120. The van der Waals surface area contributed by atoms with Crippen LogP contribution in [0.4, 0.5) is 0 Å². The highest BCUT2D eigenvalue weighted by molar-refractivity contribution is 9.10. The normalized spacial score (nSPS) is 10.5. The second-order valence-electron chi connectivity index (χ2n) is 6.23. The number of nitriles is 1. The smallest absolute Gasteiger partial charge is 0.244 e. The van der Waals surface area contributed by atoms with E-state index in [-0.39, 0.29) is 12.3 Å². The van der Waals surface area contributed by atoms with Crippen molar-refractivity contribution < 1.29 is 9.53 Å². The summed E-state index contributed by atoms with van der Waals surface area (Å²) in [6, 6.07) is 24.4. The van der Waals surface area contributed by atoms with Gasteiger partial charge in [0.25, 0.3) is 0 Å². The van der Waals surface area contributed by atoms with Gasteiger partial charge in [0, 0.05) is 10.0 Å². The third-order valence-electron chi connectivity index (χ3n) is 4.07. The Morgan fingerprint density at radius 3 is 2.69 bits per heavy atom. The van der Waals surface area contributed by atoms with Crippen molar-refractivity contribution in [2.75, 3.05) is 0 Å². The molecule has 0 fully saturated rings. The summed E-state index contributed by atoms with van der Waals surface area (Å²) in [6.45, 7) is 0.300. The highest BCUT2D eigenvalue weighted by atomic mass is 79.9. The molecule has 3 aromatic rings. The van der Waals surface area contributed by atoms with Crippen LogP contribution < -0.4 is 10.2 Å². The predicted molar refractivity (Wildman–Crippen MR) is 116 cm³/mol. The van der Waals surface area contributed by atoms with Crippen LogP contribution in [-0.4, -0.2) is 12.1 Å². The molecule has 0 aliphatic carbocycles. The first-order chi connectivity index (χ1) is 14.1. The molecular weight excluding hydrogens is 430 g/mol. The topological polar surface area (TPSA) is 74.5 Å². The summed E-state index contributed by atoms with van der Waals surface area (Å²) in [5.74, 6) is 0.465. The van der Waals surface area contributed by atoms with Crippen LogP contribution in [0.15, 0.2) is 82.4 Å². The average molecular weight is 448 g/mol. The summed E-state index contributed by atoms with van der Waals surface area (Å²) in [5.41, 5.74) is 5.66. The van der Waals surface area contributed by atoms with Gasteiger partial charge in [0.15, 0.2) is 0 Å². The number of hydrogen-bond acceptors (Lipinski definition) is 4. The number of ether oxygens (including phenoxy) is 1. The Bertz CT molecular complexity index is 1060. The van der Waals surface area contributed by atoms with Crippen LogP contribution in [0.3, 0.4) is 0 Å². The predicted octanol–water partition coefficient (Wildman–Crippen LogP) is 4.59. The van der Waals surface area contributed by atoms with Crippen LogP contribution in [0.25, 0.3) is 0 Å². The Morgan fingerprint density at radius 1 is 1.10 bits per heavy atom. The highest BCUT2D eigenvalue weighted by Gasteiger charge is 2.03. The number of hydrogen-bond donors (Lipinski definition) is 1. The van der Waals surface area contributed by atoms with Crippen molar-refractivity contribution in [3.05, 3.63) is 99.5 Å². The number of benzene rings is 3. The Hall–Kier alpha value is -3.43. The van der Waals surface area contributed by atoms with E-state index in [4.69, 9.17) is 10.00 Å². The number of nitrogens with one attached hydrogen (secondary N) is 1. The van der Waals surface area contributed by atoms with Gasteiger partial charge in [-0.1, -0.05) is 58.4 Å². The third-order valence-corrected chi connectivity index (χ3v) is 4.60. The summed E-state index contributed by atoms with van der Waals surface area (Å²) >= 11 is 3.37. The van der Waals surface area contributed by atoms with Crippen LogP contribution in [0.2, 0.25) is 0 Å². The van der Waals surface area contributed by atoms with E-state index in [1.54, 1.807) is 12.3 Å². The molecule has 0 aromatic heterocycles. The first-order valence-corrected chi connectivity index (χ1v) is 9.70. The summed E-state index contributed by atoms with van der Waals surface area (Å²) in [5, 5.41) is 13.2. The maximum Gasteiger partial charge on any atom is 0.244 e. The zero-order valence-corrected chi connectivity index (χ0v) is 17.1. The maximum atomic E-state index is 12.0. The Morgan fingerprint density at radius 2 is 1.90 bits per heavy atom. The number of halogens is 1. The minimum Gasteiger partial charge on any atom is -0.489 e. The molecule has 6 heteroatoms. The molecule has 1 amide bonds. The molecule has 0 aliphatic rings. The van der Waals surface area contributed by atoms with Gasteiger partial charge in [-0.05, 0) is 41.5 Å². The monoisotopic (exact) mass is 447 g/mol. The number of nitrogens with zero attached hydrogens (tertiary/aromatic N) is 2. The number of amides is 1. The molecular formula is C23H18BrN3O2. The second-order valence-corrected chi connectivity index (χ2v) is 7.14. The second kappa shape index (κ2) is 10.2. The molecule has 1 N–H and O–H groups in total. The van der Waals surface area contributed by atoms with Crippen molar-refractivity contribution in [1.29, 1.82) is 5.26 Å². The summed E-state index contributed by atoms with van der Waals surface area (Å²) in [6.07, 6.45) is 1.82. The van der Waals surface area contributed by atoms with Crippen molar-refractivity contribution in [2.24, 2.45) is 5.10 Å². The quantitative estimate of drug-likeness (QED) is 0.424. The lowest BCUT2D eigenvalue weighted by Crippen LogP contribution is -2.19. The van der Waals surface area contributed by atoms with Crippen LogP contribution in [0, 0.1) is 11.3 Å². The SMILES string of the molecule is N#Cc1ccccc1COc1cccc(/C=N/NC(=O)Cc2ccc(Br)cc2)c1. The molecule has 3 rings (SSSR count). The standard InChI is InChI=1S/C23H18BrN3O2/c24-21-10-8-17(9-11-21)13-23(28)27-26-15-18-4-3-7-22(12-18)29-16-20-6-2-1-5-19(20)14-25/h1-12,15H,13,16H2,(H,27,28)/b26-15+. The molecule has 0 bridgehead atoms. The Kier molecular flexibility index (Phi) is 7.15. The van der Waals surface area contributed by atoms with E-state index < -0.39 is 0 Å². The summed E-state index contributed by atoms with van der Waals surface area (Å²) in [7, 11) is 0. The molecule has 144 valence electrons. The minimum absolute atomic E-state index is 0.191. The van der Waals surface area contributed by atoms with Crippen molar-refractivity contribution >= 4 is 28.1 Å². The Balaban J connectivity index is 1.54. The van der Waals surface area contributed by atoms with Crippen molar-refractivity contribution in [2.45, 2.75) is 13.0 Å². The molecule has 0 aliphatic heterocycles. The average Bonchev–Trinajstić information content (AvgIpc) is 2.74. The molecule has 3 aromatic carbocycles. The van der Waals surface area contributed by atoms with Gasteiger partial charge >= 0.3 is 0 Å². The Labute approximate surface area is 177 Å². The number of rotatable bonds is 7. The number of carbonyl (C=O) groups is 1. The van der Waals surface area contributed by atoms with Crippen LogP contribution >= 0.6 is 15.9 Å². The van der Waals surface area contributed by atoms with Gasteiger partial charge < -0.3 is 4.74 Å². The van der Waals surface area contributed by atoms with Gasteiger partial charge in [-0.3, -0.25) is 4.79 Å². The summed E-state index contributed by atoms with van der Waals surface area (Å²) in [4.78, 5) is 12.0. The highest BCUT2D eigenvalue weighted by Crippen LogP contribution is 2.16. The molecule has 5 nitrogen and oxygen atoms in total. The molecule has 0 spiro atoms. The minimum atomic E-state index is -0.191. The largest absolute Gasteiger partial charge is 0.489 e.